The van der Waals surface area contributed by atoms with Gasteiger partial charge in [-0.15, -0.1) is 0 Å². The molecule has 142 valence electrons. The lowest BCUT2D eigenvalue weighted by Gasteiger charge is -2.24. The number of fused-ring (bicyclic) bond motifs is 1. The summed E-state index contributed by atoms with van der Waals surface area (Å²) in [5.74, 6) is -0.684. The lowest BCUT2D eigenvalue weighted by molar-refractivity contribution is -0.124. The molecule has 0 fully saturated rings. The number of carbonyl (C=O) groups is 2. The van der Waals surface area contributed by atoms with Crippen LogP contribution >= 0.6 is 0 Å². The molecule has 0 saturated carbocycles. The van der Waals surface area contributed by atoms with Crippen LogP contribution in [0.2, 0.25) is 0 Å². The van der Waals surface area contributed by atoms with Gasteiger partial charge in [0.05, 0.1) is 23.3 Å². The molecule has 3 rings (SSSR count). The third-order valence-corrected chi connectivity index (χ3v) is 4.38. The highest BCUT2D eigenvalue weighted by Gasteiger charge is 2.26. The highest BCUT2D eigenvalue weighted by molar-refractivity contribution is 5.95. The third-order valence-electron chi connectivity index (χ3n) is 4.38. The summed E-state index contributed by atoms with van der Waals surface area (Å²) in [6, 6.07) is 7.57. The van der Waals surface area contributed by atoms with Gasteiger partial charge >= 0.3 is 5.69 Å². The van der Waals surface area contributed by atoms with Gasteiger partial charge in [0.15, 0.2) is 5.76 Å². The van der Waals surface area contributed by atoms with Crippen molar-refractivity contribution in [3.8, 4) is 0 Å². The van der Waals surface area contributed by atoms with Crippen LogP contribution in [0.25, 0.3) is 11.0 Å². The van der Waals surface area contributed by atoms with E-state index in [9.17, 15) is 14.4 Å². The summed E-state index contributed by atoms with van der Waals surface area (Å²) in [6.07, 6.45) is 1.41. The normalized spacial score (nSPS) is 13.5. The standard InChI is InChI=1S/C19H22N4O4/c1-10(2)16(23-17(24)15-5-4-8-27-15)18(25)20-11(3)12-6-7-13-14(9-12)22-19(26)21-13/h4-11,16H,1-3H3,(H,20,25)(H,23,24)(H2,21,22,26)/t11-,16-/m0/s1. The number of imidazole rings is 1. The molecular formula is C19H22N4O4. The first kappa shape index (κ1) is 18.5. The minimum absolute atomic E-state index is 0.111. The highest BCUT2D eigenvalue weighted by Crippen LogP contribution is 2.17. The molecule has 3 aromatic rings. The number of aromatic amines is 2. The Balaban J connectivity index is 1.71. The molecule has 2 aromatic heterocycles. The Kier molecular flexibility index (Phi) is 5.16. The van der Waals surface area contributed by atoms with Crippen LogP contribution in [0.1, 0.15) is 42.9 Å². The Morgan fingerprint density at radius 1 is 1.04 bits per heavy atom. The largest absolute Gasteiger partial charge is 0.459 e. The predicted molar refractivity (Wildman–Crippen MR) is 100 cm³/mol. The number of carbonyl (C=O) groups excluding carboxylic acids is 2. The van der Waals surface area contributed by atoms with Gasteiger partial charge in [0.2, 0.25) is 5.91 Å². The number of nitrogens with one attached hydrogen (secondary N) is 4. The van der Waals surface area contributed by atoms with Crippen molar-refractivity contribution in [1.82, 2.24) is 20.6 Å². The van der Waals surface area contributed by atoms with Gasteiger partial charge in [-0.25, -0.2) is 4.79 Å². The van der Waals surface area contributed by atoms with E-state index < -0.39 is 11.9 Å². The third kappa shape index (κ3) is 4.11. The smallest absolute Gasteiger partial charge is 0.323 e. The van der Waals surface area contributed by atoms with Gasteiger partial charge < -0.3 is 25.0 Å². The number of amides is 2. The molecule has 0 radical (unpaired) electrons. The van der Waals surface area contributed by atoms with Crippen LogP contribution in [0.15, 0.2) is 45.8 Å². The molecule has 2 amide bonds. The molecule has 2 heterocycles. The van der Waals surface area contributed by atoms with E-state index >= 15 is 0 Å². The Morgan fingerprint density at radius 3 is 2.44 bits per heavy atom. The maximum Gasteiger partial charge on any atom is 0.323 e. The number of aromatic nitrogens is 2. The Labute approximate surface area is 155 Å². The van der Waals surface area contributed by atoms with Crippen molar-refractivity contribution in [2.75, 3.05) is 0 Å². The monoisotopic (exact) mass is 370 g/mol. The summed E-state index contributed by atoms with van der Waals surface area (Å²) in [5.41, 5.74) is 1.93. The van der Waals surface area contributed by atoms with Gasteiger partial charge in [-0.1, -0.05) is 19.9 Å². The molecule has 2 atom stereocenters. The van der Waals surface area contributed by atoms with Crippen molar-refractivity contribution >= 4 is 22.8 Å². The average molecular weight is 370 g/mol. The van der Waals surface area contributed by atoms with E-state index in [0.717, 1.165) is 5.56 Å². The fourth-order valence-corrected chi connectivity index (χ4v) is 2.86. The summed E-state index contributed by atoms with van der Waals surface area (Å²) in [4.78, 5) is 41.7. The molecule has 0 bridgehead atoms. The van der Waals surface area contributed by atoms with Gasteiger partial charge in [0.25, 0.3) is 5.91 Å². The second kappa shape index (κ2) is 7.53. The van der Waals surface area contributed by atoms with E-state index in [1.54, 1.807) is 18.2 Å². The van der Waals surface area contributed by atoms with Crippen LogP contribution in [-0.2, 0) is 4.79 Å². The number of benzene rings is 1. The number of hydrogen-bond acceptors (Lipinski definition) is 4. The van der Waals surface area contributed by atoms with Crippen molar-refractivity contribution in [3.05, 3.63) is 58.4 Å². The predicted octanol–water partition coefficient (Wildman–Crippen LogP) is 2.08. The molecular weight excluding hydrogens is 348 g/mol. The van der Waals surface area contributed by atoms with Gasteiger partial charge in [-0.3, -0.25) is 9.59 Å². The molecule has 0 aliphatic carbocycles. The summed E-state index contributed by atoms with van der Waals surface area (Å²) in [7, 11) is 0. The molecule has 0 spiro atoms. The van der Waals surface area contributed by atoms with Crippen molar-refractivity contribution in [3.63, 3.8) is 0 Å². The zero-order valence-corrected chi connectivity index (χ0v) is 15.3. The Morgan fingerprint density at radius 2 is 1.78 bits per heavy atom. The topological polar surface area (TPSA) is 120 Å². The van der Waals surface area contributed by atoms with Gasteiger partial charge in [0, 0.05) is 0 Å². The quantitative estimate of drug-likeness (QED) is 0.531. The molecule has 8 heteroatoms. The number of H-pyrrole nitrogens is 2. The van der Waals surface area contributed by atoms with Crippen molar-refractivity contribution in [2.45, 2.75) is 32.9 Å². The lowest BCUT2D eigenvalue weighted by Crippen LogP contribution is -2.50. The van der Waals surface area contributed by atoms with Crippen LogP contribution in [-0.4, -0.2) is 27.8 Å². The Bertz CT molecular complexity index is 1000. The molecule has 0 unspecified atom stereocenters. The van der Waals surface area contributed by atoms with Crippen LogP contribution in [0.4, 0.5) is 0 Å². The molecule has 0 aliphatic heterocycles. The molecule has 0 saturated heterocycles. The first-order chi connectivity index (χ1) is 12.8. The second-order valence-corrected chi connectivity index (χ2v) is 6.79. The molecule has 1 aromatic carbocycles. The average Bonchev–Trinajstić information content (AvgIpc) is 3.26. The van der Waals surface area contributed by atoms with Crippen LogP contribution in [0.3, 0.4) is 0 Å². The second-order valence-electron chi connectivity index (χ2n) is 6.79. The molecule has 4 N–H and O–H groups in total. The highest BCUT2D eigenvalue weighted by atomic mass is 16.3. The van der Waals surface area contributed by atoms with Crippen molar-refractivity contribution < 1.29 is 14.0 Å². The van der Waals surface area contributed by atoms with Crippen LogP contribution < -0.4 is 16.3 Å². The lowest BCUT2D eigenvalue weighted by atomic mass is 10.0. The van der Waals surface area contributed by atoms with E-state index in [1.165, 1.54) is 6.26 Å². The SMILES string of the molecule is CC(C)[C@H](NC(=O)c1ccco1)C(=O)N[C@@H](C)c1ccc2[nH]c(=O)[nH]c2c1. The van der Waals surface area contributed by atoms with Gasteiger partial charge in [-0.2, -0.15) is 0 Å². The van der Waals surface area contributed by atoms with E-state index in [-0.39, 0.29) is 29.3 Å². The van der Waals surface area contributed by atoms with E-state index in [0.29, 0.717) is 11.0 Å². The fraction of sp³-hybridized carbons (Fsp3) is 0.316. The minimum Gasteiger partial charge on any atom is -0.459 e. The van der Waals surface area contributed by atoms with Gasteiger partial charge in [-0.05, 0) is 42.7 Å². The summed E-state index contributed by atoms with van der Waals surface area (Å²) in [5, 5.41) is 5.62. The van der Waals surface area contributed by atoms with Crippen LogP contribution in [0, 0.1) is 5.92 Å². The first-order valence-corrected chi connectivity index (χ1v) is 8.72. The van der Waals surface area contributed by atoms with Gasteiger partial charge in [0.1, 0.15) is 6.04 Å². The van der Waals surface area contributed by atoms with Crippen molar-refractivity contribution in [1.29, 1.82) is 0 Å². The van der Waals surface area contributed by atoms with Crippen LogP contribution in [0.5, 0.6) is 0 Å². The minimum atomic E-state index is -0.708. The number of furan rings is 1. The maximum absolute atomic E-state index is 12.7. The first-order valence-electron chi connectivity index (χ1n) is 8.72. The molecule has 27 heavy (non-hydrogen) atoms. The Hall–Kier alpha value is -3.29. The molecule has 8 nitrogen and oxygen atoms in total. The van der Waals surface area contributed by atoms with E-state index in [1.807, 2.05) is 32.9 Å². The summed E-state index contributed by atoms with van der Waals surface area (Å²) < 4.78 is 5.07. The summed E-state index contributed by atoms with van der Waals surface area (Å²) >= 11 is 0. The fourth-order valence-electron chi connectivity index (χ4n) is 2.86. The summed E-state index contributed by atoms with van der Waals surface area (Å²) in [6.45, 7) is 5.55. The maximum atomic E-state index is 12.7. The zero-order chi connectivity index (χ0) is 19.6. The number of hydrogen-bond donors (Lipinski definition) is 4. The van der Waals surface area contributed by atoms with E-state index in [4.69, 9.17) is 4.42 Å². The zero-order valence-electron chi connectivity index (χ0n) is 15.3. The van der Waals surface area contributed by atoms with E-state index in [2.05, 4.69) is 20.6 Å². The molecule has 0 aliphatic rings. The number of rotatable bonds is 6. The van der Waals surface area contributed by atoms with Crippen molar-refractivity contribution in [2.24, 2.45) is 5.92 Å².